The third-order valence-electron chi connectivity index (χ3n) is 12.2. The zero-order valence-electron chi connectivity index (χ0n) is 38.6. The fourth-order valence-electron chi connectivity index (χ4n) is 9.19. The number of fused-ring (bicyclic) bond motifs is 3. The van der Waals surface area contributed by atoms with Crippen LogP contribution in [0.5, 0.6) is 11.5 Å². The van der Waals surface area contributed by atoms with Crippen molar-refractivity contribution in [1.29, 1.82) is 0 Å². The lowest BCUT2D eigenvalue weighted by Gasteiger charge is -2.30. The monoisotopic (exact) mass is 826 g/mol. The Hall–Kier alpha value is -6.72. The molecule has 0 amide bonds. The minimum absolute atomic E-state index is 0.0210. The van der Waals surface area contributed by atoms with Crippen molar-refractivity contribution in [2.75, 3.05) is 0 Å². The maximum Gasteiger partial charge on any atom is 0.269 e. The van der Waals surface area contributed by atoms with Gasteiger partial charge < -0.3 is 4.74 Å². The van der Waals surface area contributed by atoms with Crippen molar-refractivity contribution >= 4 is 21.8 Å². The Kier molecular flexibility index (Phi) is 10.3. The Morgan fingerprint density at radius 3 is 1.89 bits per heavy atom. The van der Waals surface area contributed by atoms with Gasteiger partial charge in [-0.2, -0.15) is 0 Å². The van der Waals surface area contributed by atoms with Crippen LogP contribution in [0.15, 0.2) is 152 Å². The summed E-state index contributed by atoms with van der Waals surface area (Å²) >= 11 is 0. The zero-order valence-corrected chi connectivity index (χ0v) is 38.6. The van der Waals surface area contributed by atoms with Crippen LogP contribution >= 0.6 is 0 Å². The van der Waals surface area contributed by atoms with Gasteiger partial charge in [0.1, 0.15) is 17.3 Å². The van der Waals surface area contributed by atoms with E-state index in [-0.39, 0.29) is 16.2 Å². The van der Waals surface area contributed by atoms with E-state index in [0.29, 0.717) is 0 Å². The lowest BCUT2D eigenvalue weighted by atomic mass is 9.81. The van der Waals surface area contributed by atoms with E-state index < -0.39 is 0 Å². The van der Waals surface area contributed by atoms with E-state index in [1.807, 2.05) is 6.20 Å². The Balaban J connectivity index is 1.23. The molecule has 0 fully saturated rings. The van der Waals surface area contributed by atoms with Gasteiger partial charge in [-0.25, -0.2) is 4.98 Å². The zero-order chi connectivity index (χ0) is 44.4. The largest absolute Gasteiger partial charge is 0.458 e. The van der Waals surface area contributed by atoms with Crippen LogP contribution in [0.4, 0.5) is 0 Å². The number of imidazole rings is 1. The highest BCUT2D eigenvalue weighted by Crippen LogP contribution is 2.40. The normalized spacial score (nSPS) is 12.4. The molecule has 0 saturated heterocycles. The van der Waals surface area contributed by atoms with Gasteiger partial charge in [0.25, 0.3) is 6.33 Å². The van der Waals surface area contributed by atoms with Gasteiger partial charge in [0.05, 0.1) is 33.8 Å². The van der Waals surface area contributed by atoms with Crippen molar-refractivity contribution in [3.05, 3.63) is 186 Å². The fourth-order valence-corrected chi connectivity index (χ4v) is 9.19. The number of nitrogens with zero attached hydrogens (tertiary/aromatic N) is 4. The molecule has 0 aliphatic rings. The molecule has 3 aromatic heterocycles. The number of ether oxygens (including phenoxy) is 1. The van der Waals surface area contributed by atoms with Crippen LogP contribution in [0, 0.1) is 20.2 Å². The topological polar surface area (TPSA) is 35.9 Å². The van der Waals surface area contributed by atoms with E-state index in [4.69, 9.17) is 9.72 Å². The molecule has 9 aromatic rings. The predicted molar refractivity (Wildman–Crippen MR) is 261 cm³/mol. The van der Waals surface area contributed by atoms with Crippen LogP contribution in [0.2, 0.25) is 0 Å². The van der Waals surface area contributed by atoms with Gasteiger partial charge in [0.15, 0.2) is 0 Å². The summed E-state index contributed by atoms with van der Waals surface area (Å²) in [6.45, 7) is 24.9. The first-order valence-corrected chi connectivity index (χ1v) is 22.1. The maximum absolute atomic E-state index is 7.06. The highest BCUT2D eigenvalue weighted by Gasteiger charge is 2.34. The van der Waals surface area contributed by atoms with Gasteiger partial charge in [-0.15, -0.1) is 0 Å². The number of hydrogen-bond acceptors (Lipinski definition) is 2. The summed E-state index contributed by atoms with van der Waals surface area (Å²) in [6.07, 6.45) is 5.83. The van der Waals surface area contributed by atoms with Crippen LogP contribution in [-0.2, 0) is 16.2 Å². The van der Waals surface area contributed by atoms with E-state index in [1.54, 1.807) is 0 Å². The molecular formula is C58H58N4O. The third-order valence-corrected chi connectivity index (χ3v) is 12.2. The Morgan fingerprint density at radius 1 is 0.540 bits per heavy atom. The molecule has 0 aliphatic carbocycles. The number of hydrogen-bond donors (Lipinski definition) is 0. The van der Waals surface area contributed by atoms with E-state index >= 15 is 0 Å². The average molecular weight is 827 g/mol. The number of para-hydroxylation sites is 1. The molecule has 0 atom stereocenters. The summed E-state index contributed by atoms with van der Waals surface area (Å²) in [6, 6.07) is 52.0. The number of aryl methyl sites for hydroxylation is 2. The van der Waals surface area contributed by atoms with Crippen LogP contribution in [0.1, 0.15) is 90.4 Å². The molecule has 9 rings (SSSR count). The molecule has 0 unspecified atom stereocenters. The van der Waals surface area contributed by atoms with E-state index in [2.05, 4.69) is 242 Å². The van der Waals surface area contributed by atoms with E-state index in [9.17, 15) is 0 Å². The van der Waals surface area contributed by atoms with Crippen LogP contribution < -0.4 is 9.30 Å². The van der Waals surface area contributed by atoms with Crippen LogP contribution in [0.25, 0.3) is 61.3 Å². The second kappa shape index (κ2) is 15.6. The van der Waals surface area contributed by atoms with Gasteiger partial charge in [0.2, 0.25) is 0 Å². The van der Waals surface area contributed by atoms with Gasteiger partial charge in [-0.05, 0) is 130 Å². The minimum Gasteiger partial charge on any atom is -0.458 e. The minimum atomic E-state index is -0.235. The second-order valence-electron chi connectivity index (χ2n) is 20.1. The van der Waals surface area contributed by atoms with Crippen molar-refractivity contribution in [1.82, 2.24) is 14.1 Å². The molecule has 6 aromatic carbocycles. The SMILES string of the molecule is Cc1cccc(C)c1-c1cc(Oc2ccc3c4ccccc4n(-c4cc(C(C)(C)C)ccn4)c3c2)cc(-n2[c-][n+](-c3ccc(-c4ccccc4)cc3)c(C(C)(C)C)c2C(C)(C)C)c1. The van der Waals surface area contributed by atoms with Crippen molar-refractivity contribution in [3.63, 3.8) is 0 Å². The number of aromatic nitrogens is 4. The Labute approximate surface area is 373 Å². The van der Waals surface area contributed by atoms with Crippen molar-refractivity contribution < 1.29 is 9.30 Å². The summed E-state index contributed by atoms with van der Waals surface area (Å²) in [4.78, 5) is 4.92. The maximum atomic E-state index is 7.06. The average Bonchev–Trinajstić information content (AvgIpc) is 3.82. The third kappa shape index (κ3) is 7.86. The summed E-state index contributed by atoms with van der Waals surface area (Å²) in [5.41, 5.74) is 14.5. The molecule has 0 N–H and O–H groups in total. The molecule has 5 nitrogen and oxygen atoms in total. The van der Waals surface area contributed by atoms with Crippen molar-refractivity contribution in [2.24, 2.45) is 0 Å². The summed E-state index contributed by atoms with van der Waals surface area (Å²) < 4.78 is 13.9. The van der Waals surface area contributed by atoms with E-state index in [1.165, 1.54) is 50.2 Å². The van der Waals surface area contributed by atoms with E-state index in [0.717, 1.165) is 50.7 Å². The first-order chi connectivity index (χ1) is 30.0. The van der Waals surface area contributed by atoms with Gasteiger partial charge in [0, 0.05) is 23.0 Å². The number of benzene rings is 6. The molecule has 3 heterocycles. The number of rotatable bonds is 7. The van der Waals surface area contributed by atoms with Gasteiger partial charge >= 0.3 is 0 Å². The highest BCUT2D eigenvalue weighted by atomic mass is 16.5. The molecule has 0 bridgehead atoms. The molecule has 63 heavy (non-hydrogen) atoms. The molecular weight excluding hydrogens is 769 g/mol. The molecule has 316 valence electrons. The fraction of sp³-hybridized carbons (Fsp3) is 0.241. The summed E-state index contributed by atoms with van der Waals surface area (Å²) in [5.74, 6) is 2.39. The number of pyridine rings is 1. The molecule has 0 aliphatic heterocycles. The quantitative estimate of drug-likeness (QED) is 0.119. The summed E-state index contributed by atoms with van der Waals surface area (Å²) in [7, 11) is 0. The lowest BCUT2D eigenvalue weighted by molar-refractivity contribution is -0.611. The first-order valence-electron chi connectivity index (χ1n) is 22.1. The summed E-state index contributed by atoms with van der Waals surface area (Å²) in [5, 5.41) is 2.33. The Morgan fingerprint density at radius 2 is 1.21 bits per heavy atom. The highest BCUT2D eigenvalue weighted by molar-refractivity contribution is 6.09. The lowest BCUT2D eigenvalue weighted by Crippen LogP contribution is -2.40. The second-order valence-corrected chi connectivity index (χ2v) is 20.1. The van der Waals surface area contributed by atoms with Crippen molar-refractivity contribution in [2.45, 2.75) is 92.4 Å². The first kappa shape index (κ1) is 41.6. The van der Waals surface area contributed by atoms with Gasteiger partial charge in [-0.1, -0.05) is 141 Å². The van der Waals surface area contributed by atoms with Gasteiger partial charge in [-0.3, -0.25) is 13.7 Å². The van der Waals surface area contributed by atoms with Crippen molar-refractivity contribution in [3.8, 4) is 50.9 Å². The standard InChI is InChI=1S/C58H58N4O/c1-38-18-17-19-39(2)53(38)42-32-45(61-37-60(54(57(6,7)8)55(61)58(9,10)11)44-26-24-41(25-27-44)40-20-13-12-14-21-40)35-47(33-42)63-46-28-29-49-48-22-15-16-23-50(48)62(51(49)36-46)52-34-43(30-31-59-52)56(3,4)5/h12-36H,1-11H3. The van der Waals surface area contributed by atoms with Crippen LogP contribution in [-0.4, -0.2) is 14.1 Å². The van der Waals surface area contributed by atoms with Crippen LogP contribution in [0.3, 0.4) is 0 Å². The Bertz CT molecular complexity index is 3120. The predicted octanol–water partition coefficient (Wildman–Crippen LogP) is 14.7. The smallest absolute Gasteiger partial charge is 0.269 e. The molecule has 0 spiro atoms. The molecule has 0 radical (unpaired) electrons. The molecule has 0 saturated carbocycles. The molecule has 5 heteroatoms.